The van der Waals surface area contributed by atoms with E-state index in [1.54, 1.807) is 17.1 Å². The molecule has 0 spiro atoms. The van der Waals surface area contributed by atoms with Crippen LogP contribution in [0, 0.1) is 0 Å². The lowest BCUT2D eigenvalue weighted by Gasteiger charge is -2.07. The van der Waals surface area contributed by atoms with Crippen LogP contribution < -0.4 is 4.74 Å². The Labute approximate surface area is 163 Å². The van der Waals surface area contributed by atoms with E-state index < -0.39 is 6.67 Å². The Hall–Kier alpha value is -3.47. The molecular weight excluding hydrogens is 353 g/mol. The summed E-state index contributed by atoms with van der Waals surface area (Å²) in [6, 6.07) is 21.7. The Bertz CT molecular complexity index is 1010. The van der Waals surface area contributed by atoms with Gasteiger partial charge in [-0.3, -0.25) is 9.67 Å². The van der Waals surface area contributed by atoms with Crippen LogP contribution in [0.2, 0.25) is 0 Å². The van der Waals surface area contributed by atoms with Crippen LogP contribution in [-0.2, 0) is 13.2 Å². The molecular formula is C23H20FN3O. The van der Waals surface area contributed by atoms with Gasteiger partial charge in [0.1, 0.15) is 24.7 Å². The first-order valence-electron chi connectivity index (χ1n) is 9.14. The molecule has 0 bridgehead atoms. The summed E-state index contributed by atoms with van der Waals surface area (Å²) >= 11 is 0. The number of pyridine rings is 1. The van der Waals surface area contributed by atoms with Crippen molar-refractivity contribution < 1.29 is 9.13 Å². The first-order chi connectivity index (χ1) is 13.8. The first kappa shape index (κ1) is 17.9. The van der Waals surface area contributed by atoms with Crippen LogP contribution in [0.3, 0.4) is 0 Å². The fourth-order valence-corrected chi connectivity index (χ4v) is 3.03. The highest BCUT2D eigenvalue weighted by Crippen LogP contribution is 2.31. The number of hydrogen-bond donors (Lipinski definition) is 0. The van der Waals surface area contributed by atoms with Crippen molar-refractivity contribution in [2.24, 2.45) is 0 Å². The van der Waals surface area contributed by atoms with Crippen molar-refractivity contribution in [2.75, 3.05) is 6.67 Å². The minimum atomic E-state index is -0.455. The molecule has 0 amide bonds. The van der Waals surface area contributed by atoms with Gasteiger partial charge in [-0.25, -0.2) is 4.39 Å². The Morgan fingerprint density at radius 1 is 0.857 bits per heavy atom. The summed E-state index contributed by atoms with van der Waals surface area (Å²) < 4.78 is 20.3. The molecule has 5 heteroatoms. The van der Waals surface area contributed by atoms with Gasteiger partial charge in [0.15, 0.2) is 0 Å². The van der Waals surface area contributed by atoms with Crippen LogP contribution in [0.25, 0.3) is 22.4 Å². The van der Waals surface area contributed by atoms with Crippen LogP contribution in [0.5, 0.6) is 5.75 Å². The fourth-order valence-electron chi connectivity index (χ4n) is 3.03. The smallest absolute Gasteiger partial charge is 0.119 e. The second kappa shape index (κ2) is 8.48. The van der Waals surface area contributed by atoms with Gasteiger partial charge in [-0.05, 0) is 47.5 Å². The van der Waals surface area contributed by atoms with Crippen LogP contribution in [0.1, 0.15) is 5.56 Å². The fraction of sp³-hybridized carbons (Fsp3) is 0.130. The van der Waals surface area contributed by atoms with Crippen molar-refractivity contribution in [3.63, 3.8) is 0 Å². The van der Waals surface area contributed by atoms with Gasteiger partial charge in [0.05, 0.1) is 6.54 Å². The Morgan fingerprint density at radius 2 is 1.61 bits per heavy atom. The highest BCUT2D eigenvalue weighted by molar-refractivity contribution is 5.80. The lowest BCUT2D eigenvalue weighted by atomic mass is 10.0. The zero-order valence-electron chi connectivity index (χ0n) is 15.3. The van der Waals surface area contributed by atoms with Crippen molar-refractivity contribution in [1.29, 1.82) is 0 Å². The minimum absolute atomic E-state index is 0.232. The molecule has 2 aromatic heterocycles. The van der Waals surface area contributed by atoms with Crippen molar-refractivity contribution in [2.45, 2.75) is 13.2 Å². The van der Waals surface area contributed by atoms with Crippen molar-refractivity contribution >= 4 is 0 Å². The summed E-state index contributed by atoms with van der Waals surface area (Å²) in [5.41, 5.74) is 4.84. The predicted octanol–water partition coefficient (Wildman–Crippen LogP) is 5.16. The molecule has 0 aliphatic rings. The van der Waals surface area contributed by atoms with Gasteiger partial charge >= 0.3 is 0 Å². The largest absolute Gasteiger partial charge is 0.489 e. The topological polar surface area (TPSA) is 39.9 Å². The average Bonchev–Trinajstić information content (AvgIpc) is 3.18. The summed E-state index contributed by atoms with van der Waals surface area (Å²) in [4.78, 5) is 4.07. The minimum Gasteiger partial charge on any atom is -0.489 e. The molecule has 0 aliphatic heterocycles. The Kier molecular flexibility index (Phi) is 5.43. The van der Waals surface area contributed by atoms with Crippen LogP contribution in [-0.4, -0.2) is 21.4 Å². The number of ether oxygens (including phenoxy) is 1. The molecule has 140 valence electrons. The lowest BCUT2D eigenvalue weighted by molar-refractivity contribution is 0.306. The summed E-state index contributed by atoms with van der Waals surface area (Å²) in [5, 5.41) is 4.59. The second-order valence-electron chi connectivity index (χ2n) is 6.38. The SMILES string of the molecule is FCCn1cc(-c2ccncc2)c(-c2ccc(OCc3ccccc3)cc2)n1. The van der Waals surface area contributed by atoms with Gasteiger partial charge in [0.2, 0.25) is 0 Å². The van der Waals surface area contributed by atoms with Gasteiger partial charge in [-0.2, -0.15) is 5.10 Å². The lowest BCUT2D eigenvalue weighted by Crippen LogP contribution is -1.99. The van der Waals surface area contributed by atoms with Gasteiger partial charge < -0.3 is 4.74 Å². The van der Waals surface area contributed by atoms with E-state index in [0.717, 1.165) is 33.7 Å². The summed E-state index contributed by atoms with van der Waals surface area (Å²) in [7, 11) is 0. The monoisotopic (exact) mass is 373 g/mol. The number of rotatable bonds is 7. The first-order valence-corrected chi connectivity index (χ1v) is 9.14. The maximum absolute atomic E-state index is 12.8. The quantitative estimate of drug-likeness (QED) is 0.449. The maximum atomic E-state index is 12.8. The molecule has 4 nitrogen and oxygen atoms in total. The summed E-state index contributed by atoms with van der Waals surface area (Å²) in [6.07, 6.45) is 5.36. The molecule has 0 atom stereocenters. The zero-order chi connectivity index (χ0) is 19.2. The van der Waals surface area contributed by atoms with Crippen LogP contribution in [0.15, 0.2) is 85.3 Å². The molecule has 0 unspecified atom stereocenters. The third-order valence-corrected chi connectivity index (χ3v) is 4.44. The van der Waals surface area contributed by atoms with Crippen molar-refractivity contribution in [1.82, 2.24) is 14.8 Å². The summed E-state index contributed by atoms with van der Waals surface area (Å²) in [6.45, 7) is 0.299. The number of alkyl halides is 1. The van der Waals surface area contributed by atoms with Gasteiger partial charge in [0, 0.05) is 29.7 Å². The van der Waals surface area contributed by atoms with Crippen molar-refractivity contribution in [3.05, 3.63) is 90.9 Å². The molecule has 4 aromatic rings. The molecule has 0 N–H and O–H groups in total. The Balaban J connectivity index is 1.58. The molecule has 0 aliphatic carbocycles. The van der Waals surface area contributed by atoms with E-state index in [-0.39, 0.29) is 6.54 Å². The molecule has 28 heavy (non-hydrogen) atoms. The van der Waals surface area contributed by atoms with Crippen LogP contribution in [0.4, 0.5) is 4.39 Å². The number of aryl methyl sites for hydroxylation is 1. The third-order valence-electron chi connectivity index (χ3n) is 4.44. The van der Waals surface area contributed by atoms with E-state index in [1.165, 1.54) is 0 Å². The van der Waals surface area contributed by atoms with Gasteiger partial charge in [-0.1, -0.05) is 30.3 Å². The van der Waals surface area contributed by atoms with Crippen molar-refractivity contribution in [3.8, 4) is 28.1 Å². The van der Waals surface area contributed by atoms with E-state index in [1.807, 2.05) is 72.9 Å². The molecule has 2 heterocycles. The van der Waals surface area contributed by atoms with E-state index in [4.69, 9.17) is 4.74 Å². The van der Waals surface area contributed by atoms with Gasteiger partial charge in [-0.15, -0.1) is 0 Å². The molecule has 0 radical (unpaired) electrons. The normalized spacial score (nSPS) is 10.8. The molecule has 0 saturated heterocycles. The maximum Gasteiger partial charge on any atom is 0.119 e. The number of aromatic nitrogens is 3. The predicted molar refractivity (Wildman–Crippen MR) is 108 cm³/mol. The van der Waals surface area contributed by atoms with E-state index in [0.29, 0.717) is 6.61 Å². The molecule has 0 saturated carbocycles. The molecule has 2 aromatic carbocycles. The van der Waals surface area contributed by atoms with E-state index >= 15 is 0 Å². The number of benzene rings is 2. The highest BCUT2D eigenvalue weighted by Gasteiger charge is 2.13. The number of nitrogens with zero attached hydrogens (tertiary/aromatic N) is 3. The second-order valence-corrected chi connectivity index (χ2v) is 6.38. The zero-order valence-corrected chi connectivity index (χ0v) is 15.3. The summed E-state index contributed by atoms with van der Waals surface area (Å²) in [5.74, 6) is 0.793. The van der Waals surface area contributed by atoms with Crippen LogP contribution >= 0.6 is 0 Å². The van der Waals surface area contributed by atoms with E-state index in [9.17, 15) is 4.39 Å². The third kappa shape index (κ3) is 4.09. The van der Waals surface area contributed by atoms with E-state index in [2.05, 4.69) is 10.1 Å². The number of halogens is 1. The molecule has 4 rings (SSSR count). The number of hydrogen-bond acceptors (Lipinski definition) is 3. The standard InChI is InChI=1S/C23H20FN3O/c24-12-15-27-16-22(19-10-13-25-14-11-19)23(26-27)20-6-8-21(9-7-20)28-17-18-4-2-1-3-5-18/h1-11,13-14,16H,12,15,17H2. The Morgan fingerprint density at radius 3 is 2.32 bits per heavy atom. The van der Waals surface area contributed by atoms with Gasteiger partial charge in [0.25, 0.3) is 0 Å². The highest BCUT2D eigenvalue weighted by atomic mass is 19.1. The average molecular weight is 373 g/mol. The molecule has 0 fully saturated rings.